The molecule has 6 nitrogen and oxygen atoms in total. The molecule has 0 aliphatic rings. The molecule has 1 aromatic heterocycles. The molecule has 170 valence electrons. The topological polar surface area (TPSA) is 113 Å². The number of carbonyl (C=O) groups is 1. The van der Waals surface area contributed by atoms with Crippen molar-refractivity contribution in [3.63, 3.8) is 0 Å². The number of benzene rings is 3. The molecule has 1 heterocycles. The lowest BCUT2D eigenvalue weighted by Gasteiger charge is -2.13. The second-order valence-corrected chi connectivity index (χ2v) is 8.50. The van der Waals surface area contributed by atoms with Gasteiger partial charge in [0.2, 0.25) is 0 Å². The van der Waals surface area contributed by atoms with Crippen LogP contribution in [0, 0.1) is 22.7 Å². The van der Waals surface area contributed by atoms with E-state index in [2.05, 4.69) is 17.1 Å². The molecular weight excluding hydrogens is 456 g/mol. The molecule has 0 aliphatic carbocycles. The van der Waals surface area contributed by atoms with Crippen LogP contribution in [0.5, 0.6) is 5.75 Å². The van der Waals surface area contributed by atoms with E-state index in [4.69, 9.17) is 10.5 Å². The fourth-order valence-electron chi connectivity index (χ4n) is 3.65. The van der Waals surface area contributed by atoms with Gasteiger partial charge in [-0.25, -0.2) is 4.98 Å². The third-order valence-corrected chi connectivity index (χ3v) is 6.42. The first kappa shape index (κ1) is 23.6. The van der Waals surface area contributed by atoms with Crippen LogP contribution in [0.4, 0.5) is 5.82 Å². The summed E-state index contributed by atoms with van der Waals surface area (Å²) >= 11 is 1.13. The van der Waals surface area contributed by atoms with Gasteiger partial charge < -0.3 is 10.5 Å². The van der Waals surface area contributed by atoms with Gasteiger partial charge >= 0.3 is 0 Å². The van der Waals surface area contributed by atoms with Crippen molar-refractivity contribution in [2.45, 2.75) is 5.03 Å². The van der Waals surface area contributed by atoms with Crippen molar-refractivity contribution in [3.8, 4) is 40.1 Å². The molecule has 3 aromatic carbocycles. The molecule has 0 aliphatic heterocycles. The van der Waals surface area contributed by atoms with Crippen molar-refractivity contribution in [1.82, 2.24) is 4.98 Å². The Morgan fingerprint density at radius 3 is 2.09 bits per heavy atom. The number of hydrogen-bond acceptors (Lipinski definition) is 7. The number of ketones is 1. The molecule has 0 saturated carbocycles. The Balaban J connectivity index is 1.61. The minimum atomic E-state index is -0.103. The Kier molecular flexibility index (Phi) is 7.11. The standard InChI is InChI=1S/C28H20N4O2S/c1-34-22-13-11-21(12-14-22)26-23(15-29)27(31)32-28(24(26)16-30)35-17-25(33)20-9-7-19(8-10-20)18-5-3-2-4-6-18/h2-14H,17H2,1H3,(H2,31,32). The Morgan fingerprint density at radius 2 is 1.49 bits per heavy atom. The highest BCUT2D eigenvalue weighted by atomic mass is 32.2. The number of nitrogens with two attached hydrogens (primary N) is 1. The normalized spacial score (nSPS) is 10.3. The van der Waals surface area contributed by atoms with Gasteiger partial charge in [0.25, 0.3) is 0 Å². The lowest BCUT2D eigenvalue weighted by Crippen LogP contribution is -2.06. The van der Waals surface area contributed by atoms with E-state index in [9.17, 15) is 15.3 Å². The van der Waals surface area contributed by atoms with Gasteiger partial charge in [0, 0.05) is 11.1 Å². The monoisotopic (exact) mass is 476 g/mol. The van der Waals surface area contributed by atoms with E-state index in [1.807, 2.05) is 42.5 Å². The second-order valence-electron chi connectivity index (χ2n) is 7.53. The predicted molar refractivity (Wildman–Crippen MR) is 137 cm³/mol. The van der Waals surface area contributed by atoms with Crippen molar-refractivity contribution in [3.05, 3.63) is 95.6 Å². The maximum atomic E-state index is 12.9. The number of Topliss-reactive ketones (excluding diaryl/α,β-unsaturated/α-hetero) is 1. The van der Waals surface area contributed by atoms with E-state index in [0.717, 1.165) is 22.9 Å². The van der Waals surface area contributed by atoms with Crippen LogP contribution in [-0.2, 0) is 0 Å². The zero-order valence-corrected chi connectivity index (χ0v) is 19.7. The molecule has 0 fully saturated rings. The Morgan fingerprint density at radius 1 is 0.886 bits per heavy atom. The molecule has 7 heteroatoms. The van der Waals surface area contributed by atoms with E-state index < -0.39 is 0 Å². The maximum absolute atomic E-state index is 12.9. The zero-order valence-electron chi connectivity index (χ0n) is 18.9. The number of thioether (sulfide) groups is 1. The Labute approximate surface area is 207 Å². The predicted octanol–water partition coefficient (Wildman–Crippen LogP) is 5.72. The second kappa shape index (κ2) is 10.6. The van der Waals surface area contributed by atoms with Crippen LogP contribution in [0.2, 0.25) is 0 Å². The van der Waals surface area contributed by atoms with E-state index in [-0.39, 0.29) is 28.5 Å². The van der Waals surface area contributed by atoms with E-state index in [1.165, 1.54) is 0 Å². The average Bonchev–Trinajstić information content (AvgIpc) is 2.92. The van der Waals surface area contributed by atoms with Crippen molar-refractivity contribution in [2.75, 3.05) is 18.6 Å². The highest BCUT2D eigenvalue weighted by Gasteiger charge is 2.21. The van der Waals surface area contributed by atoms with Crippen molar-refractivity contribution in [1.29, 1.82) is 10.5 Å². The molecule has 35 heavy (non-hydrogen) atoms. The largest absolute Gasteiger partial charge is 0.497 e. The number of carbonyl (C=O) groups excluding carboxylic acids is 1. The highest BCUT2D eigenvalue weighted by Crippen LogP contribution is 2.36. The molecule has 0 unspecified atom stereocenters. The van der Waals surface area contributed by atoms with Crippen LogP contribution in [0.15, 0.2) is 83.9 Å². The number of nitriles is 2. The summed E-state index contributed by atoms with van der Waals surface area (Å²) in [5.74, 6) is 0.625. The minimum Gasteiger partial charge on any atom is -0.497 e. The summed E-state index contributed by atoms with van der Waals surface area (Å²) in [7, 11) is 1.56. The highest BCUT2D eigenvalue weighted by molar-refractivity contribution is 8.00. The van der Waals surface area contributed by atoms with Gasteiger partial charge in [-0.2, -0.15) is 10.5 Å². The summed E-state index contributed by atoms with van der Waals surface area (Å²) in [6.45, 7) is 0. The van der Waals surface area contributed by atoms with Crippen LogP contribution < -0.4 is 10.5 Å². The fourth-order valence-corrected chi connectivity index (χ4v) is 4.53. The first-order chi connectivity index (χ1) is 17.0. The summed E-state index contributed by atoms with van der Waals surface area (Å²) in [6.07, 6.45) is 0. The van der Waals surface area contributed by atoms with Crippen LogP contribution in [0.25, 0.3) is 22.3 Å². The number of hydrogen-bond donors (Lipinski definition) is 1. The fraction of sp³-hybridized carbons (Fsp3) is 0.0714. The van der Waals surface area contributed by atoms with Crippen LogP contribution in [0.1, 0.15) is 21.5 Å². The lowest BCUT2D eigenvalue weighted by molar-refractivity contribution is 0.102. The summed E-state index contributed by atoms with van der Waals surface area (Å²) in [6, 6.07) is 28.5. The molecule has 0 bridgehead atoms. The summed E-state index contributed by atoms with van der Waals surface area (Å²) in [4.78, 5) is 17.1. The first-order valence-electron chi connectivity index (χ1n) is 10.6. The van der Waals surface area contributed by atoms with Gasteiger partial charge in [-0.3, -0.25) is 4.79 Å². The lowest BCUT2D eigenvalue weighted by atomic mass is 9.97. The summed E-state index contributed by atoms with van der Waals surface area (Å²) < 4.78 is 5.20. The smallest absolute Gasteiger partial charge is 0.173 e. The zero-order chi connectivity index (χ0) is 24.8. The molecule has 0 atom stereocenters. The summed E-state index contributed by atoms with van der Waals surface area (Å²) in [5.41, 5.74) is 10.1. The molecule has 4 rings (SSSR count). The Bertz CT molecular complexity index is 1450. The number of anilines is 1. The van der Waals surface area contributed by atoms with Crippen LogP contribution >= 0.6 is 11.8 Å². The van der Waals surface area contributed by atoms with Crippen LogP contribution in [0.3, 0.4) is 0 Å². The molecule has 2 N–H and O–H groups in total. The molecule has 4 aromatic rings. The molecule has 0 saturated heterocycles. The number of pyridine rings is 1. The number of aromatic nitrogens is 1. The van der Waals surface area contributed by atoms with Gasteiger partial charge in [-0.1, -0.05) is 78.5 Å². The maximum Gasteiger partial charge on any atom is 0.173 e. The Hall–Kier alpha value is -4.59. The SMILES string of the molecule is COc1ccc(-c2c(C#N)c(N)nc(SCC(=O)c3ccc(-c4ccccc4)cc3)c2C#N)cc1. The van der Waals surface area contributed by atoms with E-state index in [1.54, 1.807) is 43.5 Å². The van der Waals surface area contributed by atoms with Crippen molar-refractivity contribution >= 4 is 23.4 Å². The van der Waals surface area contributed by atoms with Gasteiger partial charge in [0.15, 0.2) is 5.78 Å². The summed E-state index contributed by atoms with van der Waals surface area (Å²) in [5, 5.41) is 19.9. The quantitative estimate of drug-likeness (QED) is 0.268. The first-order valence-corrected chi connectivity index (χ1v) is 11.6. The molecule has 0 spiro atoms. The minimum absolute atomic E-state index is 0.0134. The van der Waals surface area contributed by atoms with E-state index >= 15 is 0 Å². The third kappa shape index (κ3) is 5.01. The van der Waals surface area contributed by atoms with Gasteiger partial charge in [-0.15, -0.1) is 0 Å². The van der Waals surface area contributed by atoms with Crippen molar-refractivity contribution in [2.24, 2.45) is 0 Å². The van der Waals surface area contributed by atoms with Crippen LogP contribution in [-0.4, -0.2) is 23.6 Å². The number of nitrogen functional groups attached to an aromatic ring is 1. The number of methoxy groups -OCH3 is 1. The van der Waals surface area contributed by atoms with Crippen molar-refractivity contribution < 1.29 is 9.53 Å². The number of ether oxygens (including phenoxy) is 1. The van der Waals surface area contributed by atoms with Gasteiger partial charge in [-0.05, 0) is 28.8 Å². The number of nitrogens with zero attached hydrogens (tertiary/aromatic N) is 3. The van der Waals surface area contributed by atoms with E-state index in [0.29, 0.717) is 27.5 Å². The molecule has 0 radical (unpaired) electrons. The van der Waals surface area contributed by atoms with Gasteiger partial charge in [0.1, 0.15) is 34.3 Å². The molecule has 0 amide bonds. The number of rotatable bonds is 7. The third-order valence-electron chi connectivity index (χ3n) is 5.45. The van der Waals surface area contributed by atoms with Gasteiger partial charge in [0.05, 0.1) is 18.4 Å². The molecular formula is C28H20N4O2S. The average molecular weight is 477 g/mol.